The highest BCUT2D eigenvalue weighted by Gasteiger charge is 2.08. The summed E-state index contributed by atoms with van der Waals surface area (Å²) in [5, 5.41) is 12.8. The average molecular weight is 333 g/mol. The molecule has 0 atom stereocenters. The van der Waals surface area contributed by atoms with Crippen LogP contribution < -0.4 is 5.32 Å². The summed E-state index contributed by atoms with van der Waals surface area (Å²) in [6.45, 7) is 0.287. The largest absolute Gasteiger partial charge is 0.439 e. The lowest BCUT2D eigenvalue weighted by Gasteiger charge is -2.08. The normalized spacial score (nSPS) is 10.7. The van der Waals surface area contributed by atoms with Gasteiger partial charge in [-0.3, -0.25) is 0 Å². The highest BCUT2D eigenvalue weighted by Crippen LogP contribution is 2.25. The number of halogens is 2. The predicted molar refractivity (Wildman–Crippen MR) is 86.6 cm³/mol. The zero-order chi connectivity index (χ0) is 16.2. The lowest BCUT2D eigenvalue weighted by Crippen LogP contribution is -2.00. The van der Waals surface area contributed by atoms with Crippen molar-refractivity contribution in [2.24, 2.45) is 0 Å². The van der Waals surface area contributed by atoms with E-state index >= 15 is 0 Å². The highest BCUT2D eigenvalue weighted by molar-refractivity contribution is 6.33. The number of nitrogens with zero attached hydrogens (tertiary/aromatic N) is 1. The van der Waals surface area contributed by atoms with E-state index in [0.717, 1.165) is 11.1 Å². The minimum atomic E-state index is -0.298. The molecule has 3 rings (SSSR count). The van der Waals surface area contributed by atoms with Gasteiger partial charge in [-0.05, 0) is 42.0 Å². The second kappa shape index (κ2) is 6.81. The summed E-state index contributed by atoms with van der Waals surface area (Å²) in [4.78, 5) is 4.19. The van der Waals surface area contributed by atoms with Crippen LogP contribution in [0.15, 0.2) is 53.1 Å². The number of nitrogens with one attached hydrogen (secondary N) is 1. The third-order valence-electron chi connectivity index (χ3n) is 3.33. The number of benzene rings is 2. The first kappa shape index (κ1) is 15.5. The second-order valence-electron chi connectivity index (χ2n) is 4.95. The maximum absolute atomic E-state index is 12.9. The lowest BCUT2D eigenvalue weighted by atomic mass is 10.2. The first-order valence-electron chi connectivity index (χ1n) is 6.99. The fourth-order valence-corrected chi connectivity index (χ4v) is 2.30. The minimum Gasteiger partial charge on any atom is -0.439 e. The number of oxazole rings is 1. The van der Waals surface area contributed by atoms with Gasteiger partial charge in [0.05, 0.1) is 30.1 Å². The van der Waals surface area contributed by atoms with E-state index in [1.807, 2.05) is 0 Å². The number of aliphatic hydroxyl groups excluding tert-OH is 1. The van der Waals surface area contributed by atoms with Gasteiger partial charge in [0.15, 0.2) is 5.76 Å². The SMILES string of the molecule is OCc1ccc(Cl)c(NCc2ncc(-c3ccc(F)cc3)o2)c1. The molecule has 0 amide bonds. The predicted octanol–water partition coefficient (Wildman–Crippen LogP) is 4.24. The van der Waals surface area contributed by atoms with Gasteiger partial charge in [0.25, 0.3) is 0 Å². The summed E-state index contributed by atoms with van der Waals surface area (Å²) < 4.78 is 18.6. The molecule has 0 radical (unpaired) electrons. The molecule has 23 heavy (non-hydrogen) atoms. The topological polar surface area (TPSA) is 58.3 Å². The van der Waals surface area contributed by atoms with Gasteiger partial charge in [0, 0.05) is 5.56 Å². The molecular weight excluding hydrogens is 319 g/mol. The van der Waals surface area contributed by atoms with Crippen LogP contribution in [0.3, 0.4) is 0 Å². The number of anilines is 1. The van der Waals surface area contributed by atoms with Crippen molar-refractivity contribution in [3.05, 3.63) is 71.0 Å². The van der Waals surface area contributed by atoms with Crippen molar-refractivity contribution < 1.29 is 13.9 Å². The molecule has 0 unspecified atom stereocenters. The van der Waals surface area contributed by atoms with Crippen LogP contribution in [0.25, 0.3) is 11.3 Å². The van der Waals surface area contributed by atoms with E-state index in [0.29, 0.717) is 28.9 Å². The summed E-state index contributed by atoms with van der Waals surface area (Å²) in [6.07, 6.45) is 1.59. The van der Waals surface area contributed by atoms with Crippen LogP contribution in [0.5, 0.6) is 0 Å². The van der Waals surface area contributed by atoms with Gasteiger partial charge in [-0.15, -0.1) is 0 Å². The van der Waals surface area contributed by atoms with Crippen molar-refractivity contribution in [2.45, 2.75) is 13.2 Å². The first-order chi connectivity index (χ1) is 11.2. The van der Waals surface area contributed by atoms with Crippen molar-refractivity contribution in [3.8, 4) is 11.3 Å². The Morgan fingerprint density at radius 3 is 2.70 bits per heavy atom. The van der Waals surface area contributed by atoms with Crippen molar-refractivity contribution in [1.82, 2.24) is 4.98 Å². The van der Waals surface area contributed by atoms with E-state index in [1.165, 1.54) is 12.1 Å². The van der Waals surface area contributed by atoms with E-state index in [9.17, 15) is 4.39 Å². The van der Waals surface area contributed by atoms with Gasteiger partial charge in [0.2, 0.25) is 5.89 Å². The van der Waals surface area contributed by atoms with Gasteiger partial charge < -0.3 is 14.8 Å². The van der Waals surface area contributed by atoms with Gasteiger partial charge in [-0.25, -0.2) is 9.37 Å². The van der Waals surface area contributed by atoms with E-state index in [-0.39, 0.29) is 12.4 Å². The Balaban J connectivity index is 1.71. The summed E-state index contributed by atoms with van der Waals surface area (Å²) in [6, 6.07) is 11.3. The third kappa shape index (κ3) is 3.70. The molecule has 2 N–H and O–H groups in total. The van der Waals surface area contributed by atoms with Crippen LogP contribution in [-0.4, -0.2) is 10.1 Å². The summed E-state index contributed by atoms with van der Waals surface area (Å²) in [7, 11) is 0. The quantitative estimate of drug-likeness (QED) is 0.733. The molecule has 3 aromatic rings. The zero-order valence-corrected chi connectivity index (χ0v) is 12.8. The van der Waals surface area contributed by atoms with Crippen LogP contribution in [0.2, 0.25) is 5.02 Å². The standard InChI is InChI=1S/C17H14ClFN2O2/c18-14-6-1-11(10-22)7-15(14)20-9-17-21-8-16(23-17)12-2-4-13(19)5-3-12/h1-8,20,22H,9-10H2. The number of hydrogen-bond donors (Lipinski definition) is 2. The molecule has 0 bridgehead atoms. The highest BCUT2D eigenvalue weighted by atomic mass is 35.5. The van der Waals surface area contributed by atoms with E-state index < -0.39 is 0 Å². The van der Waals surface area contributed by atoms with Crippen LogP contribution in [0.1, 0.15) is 11.5 Å². The molecule has 6 heteroatoms. The summed E-state index contributed by atoms with van der Waals surface area (Å²) in [5.41, 5.74) is 2.21. The molecule has 118 valence electrons. The van der Waals surface area contributed by atoms with E-state index in [2.05, 4.69) is 10.3 Å². The minimum absolute atomic E-state index is 0.0560. The fraction of sp³-hybridized carbons (Fsp3) is 0.118. The lowest BCUT2D eigenvalue weighted by molar-refractivity contribution is 0.282. The van der Waals surface area contributed by atoms with Gasteiger partial charge in [-0.1, -0.05) is 17.7 Å². The Kier molecular flexibility index (Phi) is 4.60. The molecule has 0 spiro atoms. The second-order valence-corrected chi connectivity index (χ2v) is 5.36. The van der Waals surface area contributed by atoms with Gasteiger partial charge in [0.1, 0.15) is 5.82 Å². The molecule has 0 aliphatic carbocycles. The summed E-state index contributed by atoms with van der Waals surface area (Å²) >= 11 is 6.10. The van der Waals surface area contributed by atoms with Crippen LogP contribution in [-0.2, 0) is 13.2 Å². The molecular formula is C17H14ClFN2O2. The maximum Gasteiger partial charge on any atom is 0.214 e. The number of rotatable bonds is 5. The van der Waals surface area contributed by atoms with Crippen molar-refractivity contribution in [3.63, 3.8) is 0 Å². The Labute approximate surface area is 137 Å². The molecule has 4 nitrogen and oxygen atoms in total. The molecule has 1 aromatic heterocycles. The molecule has 1 heterocycles. The fourth-order valence-electron chi connectivity index (χ4n) is 2.12. The number of hydrogen-bond acceptors (Lipinski definition) is 4. The first-order valence-corrected chi connectivity index (χ1v) is 7.37. The Hall–Kier alpha value is -2.37. The Morgan fingerprint density at radius 1 is 1.17 bits per heavy atom. The van der Waals surface area contributed by atoms with Crippen molar-refractivity contribution >= 4 is 17.3 Å². The van der Waals surface area contributed by atoms with Crippen LogP contribution in [0.4, 0.5) is 10.1 Å². The van der Waals surface area contributed by atoms with Crippen LogP contribution >= 0.6 is 11.6 Å². The number of aliphatic hydroxyl groups is 1. The Bertz CT molecular complexity index is 803. The molecule has 0 aliphatic heterocycles. The zero-order valence-electron chi connectivity index (χ0n) is 12.1. The van der Waals surface area contributed by atoms with E-state index in [4.69, 9.17) is 21.1 Å². The van der Waals surface area contributed by atoms with Crippen LogP contribution in [0, 0.1) is 5.82 Å². The molecule has 0 saturated heterocycles. The van der Waals surface area contributed by atoms with Gasteiger partial charge >= 0.3 is 0 Å². The molecule has 0 aliphatic rings. The van der Waals surface area contributed by atoms with Crippen molar-refractivity contribution in [1.29, 1.82) is 0 Å². The number of aromatic nitrogens is 1. The monoisotopic (exact) mass is 332 g/mol. The van der Waals surface area contributed by atoms with E-state index in [1.54, 1.807) is 36.5 Å². The van der Waals surface area contributed by atoms with Gasteiger partial charge in [-0.2, -0.15) is 0 Å². The molecule has 0 fully saturated rings. The molecule has 0 saturated carbocycles. The average Bonchev–Trinajstić information content (AvgIpc) is 3.04. The van der Waals surface area contributed by atoms with Crippen molar-refractivity contribution in [2.75, 3.05) is 5.32 Å². The third-order valence-corrected chi connectivity index (χ3v) is 3.66. The smallest absolute Gasteiger partial charge is 0.214 e. The summed E-state index contributed by atoms with van der Waals surface area (Å²) in [5.74, 6) is 0.750. The Morgan fingerprint density at radius 2 is 1.96 bits per heavy atom. The maximum atomic E-state index is 12.9. The molecule has 2 aromatic carbocycles.